The average molecular weight is 283 g/mol. The molecule has 2 rings (SSSR count). The highest BCUT2D eigenvalue weighted by molar-refractivity contribution is 9.10. The number of benzene rings is 1. The van der Waals surface area contributed by atoms with Crippen LogP contribution in [0.5, 0.6) is 0 Å². The van der Waals surface area contributed by atoms with Gasteiger partial charge in [-0.1, -0.05) is 47.3 Å². The van der Waals surface area contributed by atoms with Crippen LogP contribution in [0.3, 0.4) is 0 Å². The van der Waals surface area contributed by atoms with Crippen LogP contribution in [-0.4, -0.2) is 6.61 Å². The van der Waals surface area contributed by atoms with Gasteiger partial charge in [0, 0.05) is 11.1 Å². The molecule has 1 aromatic carbocycles. The van der Waals surface area contributed by atoms with Crippen molar-refractivity contribution in [2.24, 2.45) is 5.92 Å². The quantitative estimate of drug-likeness (QED) is 0.788. The van der Waals surface area contributed by atoms with Crippen LogP contribution in [0.15, 0.2) is 28.7 Å². The van der Waals surface area contributed by atoms with E-state index in [2.05, 4.69) is 34.1 Å². The third kappa shape index (κ3) is 3.91. The summed E-state index contributed by atoms with van der Waals surface area (Å²) in [5, 5.41) is 0. The zero-order valence-electron chi connectivity index (χ0n) is 9.62. The van der Waals surface area contributed by atoms with Crippen LogP contribution in [-0.2, 0) is 11.3 Å². The van der Waals surface area contributed by atoms with Gasteiger partial charge in [-0.05, 0) is 36.5 Å². The zero-order valence-corrected chi connectivity index (χ0v) is 11.2. The highest BCUT2D eigenvalue weighted by atomic mass is 79.9. The Morgan fingerprint density at radius 2 is 2.00 bits per heavy atom. The molecule has 0 unspecified atom stereocenters. The Morgan fingerprint density at radius 3 is 2.75 bits per heavy atom. The van der Waals surface area contributed by atoms with Crippen molar-refractivity contribution in [3.05, 3.63) is 34.3 Å². The molecule has 1 saturated carbocycles. The van der Waals surface area contributed by atoms with Crippen molar-refractivity contribution in [1.29, 1.82) is 0 Å². The van der Waals surface area contributed by atoms with Crippen LogP contribution < -0.4 is 0 Å². The zero-order chi connectivity index (χ0) is 11.2. The maximum atomic E-state index is 5.79. The molecule has 0 aromatic heterocycles. The first-order valence-corrected chi connectivity index (χ1v) is 6.96. The van der Waals surface area contributed by atoms with Gasteiger partial charge in [0.1, 0.15) is 0 Å². The van der Waals surface area contributed by atoms with E-state index in [4.69, 9.17) is 4.74 Å². The van der Waals surface area contributed by atoms with Crippen LogP contribution in [0.4, 0.5) is 0 Å². The van der Waals surface area contributed by atoms with Crippen molar-refractivity contribution >= 4 is 15.9 Å². The summed E-state index contributed by atoms with van der Waals surface area (Å²) >= 11 is 3.48. The largest absolute Gasteiger partial charge is 0.376 e. The topological polar surface area (TPSA) is 9.23 Å². The van der Waals surface area contributed by atoms with Crippen LogP contribution in [0.2, 0.25) is 0 Å². The Hall–Kier alpha value is -0.340. The van der Waals surface area contributed by atoms with Gasteiger partial charge >= 0.3 is 0 Å². The minimum absolute atomic E-state index is 0.746. The molecule has 0 saturated heterocycles. The average Bonchev–Trinajstić information content (AvgIpc) is 2.30. The fourth-order valence-electron chi connectivity index (χ4n) is 2.32. The summed E-state index contributed by atoms with van der Waals surface area (Å²) in [6, 6.07) is 8.35. The fraction of sp³-hybridized carbons (Fsp3) is 0.571. The van der Waals surface area contributed by atoms with E-state index >= 15 is 0 Å². The summed E-state index contributed by atoms with van der Waals surface area (Å²) in [6.45, 7) is 1.68. The van der Waals surface area contributed by atoms with Crippen LogP contribution >= 0.6 is 15.9 Å². The van der Waals surface area contributed by atoms with E-state index in [0.29, 0.717) is 0 Å². The van der Waals surface area contributed by atoms with Crippen molar-refractivity contribution in [3.63, 3.8) is 0 Å². The van der Waals surface area contributed by atoms with Gasteiger partial charge in [0.25, 0.3) is 0 Å². The molecule has 1 aliphatic carbocycles. The van der Waals surface area contributed by atoms with Gasteiger partial charge in [-0.2, -0.15) is 0 Å². The van der Waals surface area contributed by atoms with Gasteiger partial charge in [0.2, 0.25) is 0 Å². The predicted molar refractivity (Wildman–Crippen MR) is 70.4 cm³/mol. The molecule has 1 aliphatic rings. The summed E-state index contributed by atoms with van der Waals surface area (Å²) in [5.74, 6) is 0.806. The van der Waals surface area contributed by atoms with E-state index in [1.54, 1.807) is 0 Å². The molecule has 0 bridgehead atoms. The van der Waals surface area contributed by atoms with Gasteiger partial charge in [0.15, 0.2) is 0 Å². The van der Waals surface area contributed by atoms with Crippen LogP contribution in [0.1, 0.15) is 37.7 Å². The Morgan fingerprint density at radius 1 is 1.19 bits per heavy atom. The monoisotopic (exact) mass is 282 g/mol. The Kier molecular flexibility index (Phi) is 4.86. The molecule has 1 fully saturated rings. The van der Waals surface area contributed by atoms with Crippen molar-refractivity contribution in [3.8, 4) is 0 Å². The van der Waals surface area contributed by atoms with Gasteiger partial charge in [0.05, 0.1) is 6.61 Å². The lowest BCUT2D eigenvalue weighted by Crippen LogP contribution is -2.13. The number of hydrogen-bond acceptors (Lipinski definition) is 1. The molecule has 0 spiro atoms. The van der Waals surface area contributed by atoms with Crippen LogP contribution in [0.25, 0.3) is 0 Å². The summed E-state index contributed by atoms with van der Waals surface area (Å²) in [6.07, 6.45) is 6.93. The van der Waals surface area contributed by atoms with Gasteiger partial charge in [-0.3, -0.25) is 0 Å². The molecule has 0 N–H and O–H groups in total. The van der Waals surface area contributed by atoms with Crippen molar-refractivity contribution in [1.82, 2.24) is 0 Å². The molecule has 0 radical (unpaired) electrons. The SMILES string of the molecule is Brc1cccc(COCC2CCCCC2)c1. The summed E-state index contributed by atoms with van der Waals surface area (Å²) in [4.78, 5) is 0. The second-order valence-corrected chi connectivity index (χ2v) is 5.56. The third-order valence-electron chi connectivity index (χ3n) is 3.24. The van der Waals surface area contributed by atoms with Gasteiger partial charge < -0.3 is 4.74 Å². The molecule has 0 heterocycles. The normalized spacial score (nSPS) is 17.6. The molecule has 88 valence electrons. The lowest BCUT2D eigenvalue weighted by molar-refractivity contribution is 0.0739. The third-order valence-corrected chi connectivity index (χ3v) is 3.73. The van der Waals surface area contributed by atoms with E-state index in [1.807, 2.05) is 6.07 Å². The van der Waals surface area contributed by atoms with Crippen LogP contribution in [0, 0.1) is 5.92 Å². The fourth-order valence-corrected chi connectivity index (χ4v) is 2.77. The number of rotatable bonds is 4. The second-order valence-electron chi connectivity index (χ2n) is 4.65. The molecule has 0 amide bonds. The molecule has 0 atom stereocenters. The maximum Gasteiger partial charge on any atom is 0.0717 e. The molecule has 2 heteroatoms. The van der Waals surface area contributed by atoms with Crippen molar-refractivity contribution < 1.29 is 4.74 Å². The minimum atomic E-state index is 0.746. The first-order chi connectivity index (χ1) is 7.84. The van der Waals surface area contributed by atoms with Crippen molar-refractivity contribution in [2.45, 2.75) is 38.7 Å². The van der Waals surface area contributed by atoms with E-state index in [1.165, 1.54) is 37.7 Å². The first-order valence-electron chi connectivity index (χ1n) is 6.17. The molecular formula is C14H19BrO. The highest BCUT2D eigenvalue weighted by Crippen LogP contribution is 2.24. The van der Waals surface area contributed by atoms with E-state index in [0.717, 1.165) is 23.6 Å². The molecule has 16 heavy (non-hydrogen) atoms. The predicted octanol–water partition coefficient (Wildman–Crippen LogP) is 4.55. The van der Waals surface area contributed by atoms with Gasteiger partial charge in [-0.15, -0.1) is 0 Å². The Bertz CT molecular complexity index is 318. The van der Waals surface area contributed by atoms with E-state index in [-0.39, 0.29) is 0 Å². The highest BCUT2D eigenvalue weighted by Gasteiger charge is 2.13. The first kappa shape index (κ1) is 12.1. The van der Waals surface area contributed by atoms with Crippen molar-refractivity contribution in [2.75, 3.05) is 6.61 Å². The number of ether oxygens (including phenoxy) is 1. The second kappa shape index (κ2) is 6.41. The smallest absolute Gasteiger partial charge is 0.0717 e. The van der Waals surface area contributed by atoms with E-state index < -0.39 is 0 Å². The molecule has 1 aromatic rings. The lowest BCUT2D eigenvalue weighted by atomic mass is 9.90. The standard InChI is InChI=1S/C14H19BrO/c15-14-8-4-7-13(9-14)11-16-10-12-5-2-1-3-6-12/h4,7-9,12H,1-3,5-6,10-11H2. The Balaban J connectivity index is 1.71. The van der Waals surface area contributed by atoms with E-state index in [9.17, 15) is 0 Å². The molecular weight excluding hydrogens is 264 g/mol. The summed E-state index contributed by atoms with van der Waals surface area (Å²) in [5.41, 5.74) is 1.25. The Labute approximate surface area is 106 Å². The molecule has 0 aliphatic heterocycles. The lowest BCUT2D eigenvalue weighted by Gasteiger charge is -2.21. The number of halogens is 1. The number of hydrogen-bond donors (Lipinski definition) is 0. The summed E-state index contributed by atoms with van der Waals surface area (Å²) < 4.78 is 6.92. The molecule has 1 nitrogen and oxygen atoms in total. The summed E-state index contributed by atoms with van der Waals surface area (Å²) in [7, 11) is 0. The van der Waals surface area contributed by atoms with Gasteiger partial charge in [-0.25, -0.2) is 0 Å². The minimum Gasteiger partial charge on any atom is -0.376 e. The maximum absolute atomic E-state index is 5.79.